The minimum Gasteiger partial charge on any atom is -0.403 e. The number of benzene rings is 1. The molecule has 0 fully saturated rings. The van der Waals surface area contributed by atoms with E-state index in [1.165, 1.54) is 0 Å². The summed E-state index contributed by atoms with van der Waals surface area (Å²) in [6, 6.07) is 9.51. The Morgan fingerprint density at radius 2 is 1.71 bits per heavy atom. The lowest BCUT2D eigenvalue weighted by atomic mass is 10.2. The van der Waals surface area contributed by atoms with Gasteiger partial charge in [-0.05, 0) is 12.1 Å². The van der Waals surface area contributed by atoms with Crippen molar-refractivity contribution in [1.82, 2.24) is 9.38 Å². The highest BCUT2D eigenvalue weighted by molar-refractivity contribution is 5.95. The van der Waals surface area contributed by atoms with E-state index < -0.39 is 11.9 Å². The number of ether oxygens (including phenoxy) is 2. The summed E-state index contributed by atoms with van der Waals surface area (Å²) >= 11 is 0. The summed E-state index contributed by atoms with van der Waals surface area (Å²) < 4.78 is 12.0. The van der Waals surface area contributed by atoms with Crippen molar-refractivity contribution in [2.75, 3.05) is 0 Å². The Kier molecular flexibility index (Phi) is 2.32. The monoisotopic (exact) mass is 280 g/mol. The lowest BCUT2D eigenvalue weighted by molar-refractivity contribution is -0.131. The maximum atomic E-state index is 11.6. The minimum absolute atomic E-state index is 0.0724. The molecule has 2 bridgehead atoms. The van der Waals surface area contributed by atoms with Crippen molar-refractivity contribution in [3.8, 4) is 11.8 Å². The number of para-hydroxylation sites is 1. The molecule has 0 aliphatic carbocycles. The molecule has 0 amide bonds. The zero-order chi connectivity index (χ0) is 14.4. The molecule has 1 aliphatic heterocycles. The number of hydrogen-bond acceptors (Lipinski definition) is 5. The van der Waals surface area contributed by atoms with Crippen LogP contribution in [0.5, 0.6) is 11.8 Å². The lowest BCUT2D eigenvalue weighted by Gasteiger charge is -2.06. The number of esters is 2. The van der Waals surface area contributed by atoms with Crippen LogP contribution < -0.4 is 9.47 Å². The first kappa shape index (κ1) is 11.7. The Morgan fingerprint density at radius 1 is 0.952 bits per heavy atom. The minimum atomic E-state index is -0.678. The molecule has 0 unspecified atom stereocenters. The fraction of sp³-hybridized carbons (Fsp3) is 0. The topological polar surface area (TPSA) is 69.9 Å². The Labute approximate surface area is 118 Å². The van der Waals surface area contributed by atoms with Gasteiger partial charge in [0.1, 0.15) is 5.52 Å². The largest absolute Gasteiger partial charge is 0.403 e. The molecule has 1 aliphatic rings. The third-order valence-electron chi connectivity index (χ3n) is 3.18. The van der Waals surface area contributed by atoms with Crippen LogP contribution >= 0.6 is 0 Å². The van der Waals surface area contributed by atoms with Crippen LogP contribution in [-0.2, 0) is 9.59 Å². The average Bonchev–Trinajstić information content (AvgIpc) is 2.85. The van der Waals surface area contributed by atoms with E-state index in [2.05, 4.69) is 4.98 Å². The SMILES string of the molecule is O=C1/C=C/C(=O)Oc2nc(cn3c2cc2ccccc23)O1. The maximum absolute atomic E-state index is 11.6. The van der Waals surface area contributed by atoms with Crippen molar-refractivity contribution in [3.05, 3.63) is 48.7 Å². The van der Waals surface area contributed by atoms with Gasteiger partial charge in [-0.1, -0.05) is 18.2 Å². The number of rotatable bonds is 0. The van der Waals surface area contributed by atoms with Crippen LogP contribution in [0.1, 0.15) is 0 Å². The van der Waals surface area contributed by atoms with E-state index in [1.807, 2.05) is 30.3 Å². The van der Waals surface area contributed by atoms with Gasteiger partial charge in [-0.2, -0.15) is 4.98 Å². The summed E-state index contributed by atoms with van der Waals surface area (Å²) in [5.74, 6) is -1.18. The van der Waals surface area contributed by atoms with Crippen LogP contribution in [0.3, 0.4) is 0 Å². The second-order valence-corrected chi connectivity index (χ2v) is 4.52. The Hall–Kier alpha value is -3.15. The molecule has 6 heteroatoms. The molecule has 0 atom stereocenters. The highest BCUT2D eigenvalue weighted by Gasteiger charge is 2.17. The number of carbonyl (C=O) groups is 2. The van der Waals surface area contributed by atoms with E-state index in [1.54, 1.807) is 10.6 Å². The molecule has 1 aromatic carbocycles. The molecule has 102 valence electrons. The summed E-state index contributed by atoms with van der Waals surface area (Å²) in [6.45, 7) is 0. The summed E-state index contributed by atoms with van der Waals surface area (Å²) in [6.07, 6.45) is 3.61. The molecule has 0 saturated heterocycles. The van der Waals surface area contributed by atoms with Crippen molar-refractivity contribution in [3.63, 3.8) is 0 Å². The second-order valence-electron chi connectivity index (χ2n) is 4.52. The standard InChI is InChI=1S/C15H8N2O4/c18-13-5-6-14(19)21-15-11-7-9-3-1-2-4-10(9)17(11)8-12(16-15)20-13/h1-8H/b6-5+. The summed E-state index contributed by atoms with van der Waals surface area (Å²) in [5, 5.41) is 0.965. The van der Waals surface area contributed by atoms with Crippen molar-refractivity contribution < 1.29 is 19.1 Å². The van der Waals surface area contributed by atoms with Gasteiger partial charge in [0, 0.05) is 17.5 Å². The van der Waals surface area contributed by atoms with Crippen LogP contribution in [0.15, 0.2) is 48.7 Å². The number of hydrogen-bond donors (Lipinski definition) is 0. The molecular weight excluding hydrogens is 272 g/mol. The van der Waals surface area contributed by atoms with Gasteiger partial charge in [0.15, 0.2) is 0 Å². The van der Waals surface area contributed by atoms with Crippen LogP contribution in [0, 0.1) is 0 Å². The molecule has 4 rings (SSSR count). The van der Waals surface area contributed by atoms with Crippen LogP contribution in [0.4, 0.5) is 0 Å². The van der Waals surface area contributed by atoms with E-state index in [0.717, 1.165) is 23.1 Å². The van der Waals surface area contributed by atoms with Crippen molar-refractivity contribution in [2.24, 2.45) is 0 Å². The summed E-state index contributed by atoms with van der Waals surface area (Å²) in [4.78, 5) is 27.2. The molecule has 3 aromatic rings. The van der Waals surface area contributed by atoms with Crippen molar-refractivity contribution >= 4 is 28.4 Å². The van der Waals surface area contributed by atoms with Crippen LogP contribution in [0.2, 0.25) is 0 Å². The van der Waals surface area contributed by atoms with Gasteiger partial charge in [-0.25, -0.2) is 9.59 Å². The Bertz CT molecular complexity index is 939. The smallest absolute Gasteiger partial charge is 0.337 e. The molecule has 21 heavy (non-hydrogen) atoms. The van der Waals surface area contributed by atoms with E-state index in [9.17, 15) is 9.59 Å². The predicted molar refractivity (Wildman–Crippen MR) is 73.1 cm³/mol. The van der Waals surface area contributed by atoms with Crippen LogP contribution in [0.25, 0.3) is 16.4 Å². The molecule has 3 heterocycles. The van der Waals surface area contributed by atoms with Gasteiger partial charge < -0.3 is 13.9 Å². The number of nitrogens with zero attached hydrogens (tertiary/aromatic N) is 2. The van der Waals surface area contributed by atoms with Crippen molar-refractivity contribution in [1.29, 1.82) is 0 Å². The first-order valence-corrected chi connectivity index (χ1v) is 6.23. The highest BCUT2D eigenvalue weighted by Crippen LogP contribution is 2.29. The zero-order valence-electron chi connectivity index (χ0n) is 10.6. The molecule has 0 spiro atoms. The van der Waals surface area contributed by atoms with Gasteiger partial charge in [0.25, 0.3) is 5.88 Å². The van der Waals surface area contributed by atoms with E-state index in [-0.39, 0.29) is 11.8 Å². The van der Waals surface area contributed by atoms with Gasteiger partial charge in [0.05, 0.1) is 11.7 Å². The third kappa shape index (κ3) is 1.85. The highest BCUT2D eigenvalue weighted by atomic mass is 16.6. The molecular formula is C15H8N2O4. The quantitative estimate of drug-likeness (QED) is 0.588. The summed E-state index contributed by atoms with van der Waals surface area (Å²) in [7, 11) is 0. The van der Waals surface area contributed by atoms with E-state index in [0.29, 0.717) is 5.52 Å². The van der Waals surface area contributed by atoms with E-state index in [4.69, 9.17) is 9.47 Å². The Morgan fingerprint density at radius 3 is 2.57 bits per heavy atom. The van der Waals surface area contributed by atoms with Gasteiger partial charge in [0.2, 0.25) is 5.88 Å². The molecule has 0 N–H and O–H groups in total. The third-order valence-corrected chi connectivity index (χ3v) is 3.18. The first-order valence-electron chi connectivity index (χ1n) is 6.23. The maximum Gasteiger partial charge on any atom is 0.337 e. The zero-order valence-corrected chi connectivity index (χ0v) is 10.6. The number of carbonyl (C=O) groups excluding carboxylic acids is 2. The lowest BCUT2D eigenvalue weighted by Crippen LogP contribution is -2.06. The second kappa shape index (κ2) is 4.17. The molecule has 6 nitrogen and oxygen atoms in total. The Balaban J connectivity index is 2.07. The number of fused-ring (bicyclic) bond motifs is 6. The first-order chi connectivity index (χ1) is 10.2. The number of aromatic nitrogens is 2. The van der Waals surface area contributed by atoms with Crippen molar-refractivity contribution in [2.45, 2.75) is 0 Å². The fourth-order valence-corrected chi connectivity index (χ4v) is 2.30. The normalized spacial score (nSPS) is 16.0. The van der Waals surface area contributed by atoms with Gasteiger partial charge in [-0.15, -0.1) is 0 Å². The fourth-order valence-electron chi connectivity index (χ4n) is 2.30. The predicted octanol–water partition coefficient (Wildman–Crippen LogP) is 1.87. The average molecular weight is 280 g/mol. The van der Waals surface area contributed by atoms with E-state index >= 15 is 0 Å². The molecule has 0 radical (unpaired) electrons. The van der Waals surface area contributed by atoms with Gasteiger partial charge >= 0.3 is 11.9 Å². The van der Waals surface area contributed by atoms with Crippen LogP contribution in [-0.4, -0.2) is 21.3 Å². The molecule has 2 aromatic heterocycles. The summed E-state index contributed by atoms with van der Waals surface area (Å²) in [5.41, 5.74) is 1.52. The van der Waals surface area contributed by atoms with Gasteiger partial charge in [-0.3, -0.25) is 0 Å². The molecule has 0 saturated carbocycles.